The molecule has 1 aromatic heterocycles. The Hall–Kier alpha value is -2.80. The zero-order valence-corrected chi connectivity index (χ0v) is 16.7. The number of rotatable bonds is 8. The molecule has 0 bridgehead atoms. The molecule has 7 heteroatoms. The summed E-state index contributed by atoms with van der Waals surface area (Å²) in [5.74, 6) is -0.705. The number of ether oxygens (including phenoxy) is 1. The highest BCUT2D eigenvalue weighted by atomic mass is 32.2. The van der Waals surface area contributed by atoms with Gasteiger partial charge in [0.1, 0.15) is 11.3 Å². The molecule has 0 atom stereocenters. The van der Waals surface area contributed by atoms with Crippen molar-refractivity contribution in [3.05, 3.63) is 59.7 Å². The van der Waals surface area contributed by atoms with Crippen LogP contribution >= 0.6 is 11.8 Å². The SMILES string of the molecule is CCc1ccc(CN(C)C(=O)COC(=O)CSc2nc3ccccc3o2)cc1. The number of aromatic nitrogens is 1. The first-order valence-corrected chi connectivity index (χ1v) is 9.99. The highest BCUT2D eigenvalue weighted by molar-refractivity contribution is 7.99. The fourth-order valence-electron chi connectivity index (χ4n) is 2.57. The second-order valence-corrected chi connectivity index (χ2v) is 7.24. The number of thioether (sulfide) groups is 1. The van der Waals surface area contributed by atoms with Gasteiger partial charge in [0.2, 0.25) is 0 Å². The summed E-state index contributed by atoms with van der Waals surface area (Å²) in [5, 5.41) is 0.400. The molecule has 3 aromatic rings. The van der Waals surface area contributed by atoms with Crippen LogP contribution in [0.2, 0.25) is 0 Å². The number of oxazole rings is 1. The minimum Gasteiger partial charge on any atom is -0.455 e. The Kier molecular flexibility index (Phi) is 6.71. The highest BCUT2D eigenvalue weighted by Crippen LogP contribution is 2.23. The summed E-state index contributed by atoms with van der Waals surface area (Å²) in [6, 6.07) is 15.5. The van der Waals surface area contributed by atoms with Gasteiger partial charge in [-0.3, -0.25) is 9.59 Å². The van der Waals surface area contributed by atoms with Crippen LogP contribution in [0.15, 0.2) is 58.2 Å². The topological polar surface area (TPSA) is 72.6 Å². The molecule has 0 aliphatic rings. The van der Waals surface area contributed by atoms with Crippen LogP contribution in [0.5, 0.6) is 0 Å². The standard InChI is InChI=1S/C21H22N2O4S/c1-3-15-8-10-16(11-9-15)12-23(2)19(24)13-26-20(25)14-28-21-22-17-6-4-5-7-18(17)27-21/h4-11H,3,12-14H2,1-2H3. The Morgan fingerprint density at radius 1 is 1.11 bits per heavy atom. The fraction of sp³-hybridized carbons (Fsp3) is 0.286. The first kappa shape index (κ1) is 19.9. The molecule has 0 N–H and O–H groups in total. The Bertz CT molecular complexity index is 919. The average Bonchev–Trinajstić information content (AvgIpc) is 3.14. The lowest BCUT2D eigenvalue weighted by molar-refractivity contribution is -0.149. The molecule has 0 saturated heterocycles. The molecule has 28 heavy (non-hydrogen) atoms. The van der Waals surface area contributed by atoms with Crippen LogP contribution in [0.4, 0.5) is 0 Å². The van der Waals surface area contributed by atoms with Gasteiger partial charge in [0.05, 0.1) is 0 Å². The number of esters is 1. The first-order valence-electron chi connectivity index (χ1n) is 9.01. The molecule has 0 spiro atoms. The van der Waals surface area contributed by atoms with Crippen molar-refractivity contribution in [1.29, 1.82) is 0 Å². The van der Waals surface area contributed by atoms with Crippen LogP contribution in [-0.4, -0.2) is 41.2 Å². The molecule has 1 heterocycles. The second kappa shape index (κ2) is 9.41. The Morgan fingerprint density at radius 3 is 2.54 bits per heavy atom. The number of para-hydroxylation sites is 2. The van der Waals surface area contributed by atoms with Gasteiger partial charge in [-0.05, 0) is 29.7 Å². The lowest BCUT2D eigenvalue weighted by atomic mass is 10.1. The van der Waals surface area contributed by atoms with Crippen LogP contribution in [0, 0.1) is 0 Å². The van der Waals surface area contributed by atoms with E-state index in [1.165, 1.54) is 5.56 Å². The summed E-state index contributed by atoms with van der Waals surface area (Å²) < 4.78 is 10.6. The normalized spacial score (nSPS) is 10.8. The number of carbonyl (C=O) groups excluding carboxylic acids is 2. The van der Waals surface area contributed by atoms with Crippen LogP contribution in [0.25, 0.3) is 11.1 Å². The van der Waals surface area contributed by atoms with E-state index in [-0.39, 0.29) is 18.3 Å². The summed E-state index contributed by atoms with van der Waals surface area (Å²) in [4.78, 5) is 29.9. The van der Waals surface area contributed by atoms with E-state index in [1.54, 1.807) is 11.9 Å². The van der Waals surface area contributed by atoms with E-state index in [0.717, 1.165) is 29.3 Å². The zero-order chi connectivity index (χ0) is 19.9. The van der Waals surface area contributed by atoms with Gasteiger partial charge in [0.25, 0.3) is 11.1 Å². The number of hydrogen-bond donors (Lipinski definition) is 0. The monoisotopic (exact) mass is 398 g/mol. The third-order valence-electron chi connectivity index (χ3n) is 4.22. The molecule has 6 nitrogen and oxygen atoms in total. The quantitative estimate of drug-likeness (QED) is 0.426. The van der Waals surface area contributed by atoms with E-state index in [1.807, 2.05) is 36.4 Å². The largest absolute Gasteiger partial charge is 0.455 e. The maximum atomic E-state index is 12.2. The number of fused-ring (bicyclic) bond motifs is 1. The maximum Gasteiger partial charge on any atom is 0.316 e. The van der Waals surface area contributed by atoms with Crippen molar-refractivity contribution in [2.45, 2.75) is 25.1 Å². The van der Waals surface area contributed by atoms with Crippen LogP contribution in [0.1, 0.15) is 18.1 Å². The van der Waals surface area contributed by atoms with E-state index < -0.39 is 5.97 Å². The molecular formula is C21H22N2O4S. The van der Waals surface area contributed by atoms with Crippen LogP contribution < -0.4 is 0 Å². The summed E-state index contributed by atoms with van der Waals surface area (Å²) in [6.45, 7) is 2.29. The maximum absolute atomic E-state index is 12.2. The van der Waals surface area contributed by atoms with Crippen LogP contribution in [0.3, 0.4) is 0 Å². The highest BCUT2D eigenvalue weighted by Gasteiger charge is 2.14. The number of amides is 1. The summed E-state index contributed by atoms with van der Waals surface area (Å²) in [5.41, 5.74) is 3.69. The fourth-order valence-corrected chi connectivity index (χ4v) is 3.21. The molecule has 0 aliphatic carbocycles. The Morgan fingerprint density at radius 2 is 1.82 bits per heavy atom. The number of nitrogens with zero attached hydrogens (tertiary/aromatic N) is 2. The minimum atomic E-state index is -0.485. The Labute approximate surface area is 167 Å². The predicted octanol–water partition coefficient (Wildman–Crippen LogP) is 3.68. The smallest absolute Gasteiger partial charge is 0.316 e. The van der Waals surface area contributed by atoms with Crippen LogP contribution in [-0.2, 0) is 27.3 Å². The molecule has 0 fully saturated rings. The summed E-state index contributed by atoms with van der Waals surface area (Å²) >= 11 is 1.14. The molecule has 0 radical (unpaired) electrons. The van der Waals surface area contributed by atoms with E-state index in [9.17, 15) is 9.59 Å². The second-order valence-electron chi connectivity index (χ2n) is 6.32. The van der Waals surface area contributed by atoms with E-state index in [4.69, 9.17) is 9.15 Å². The third kappa shape index (κ3) is 5.36. The van der Waals surface area contributed by atoms with Gasteiger partial charge in [-0.25, -0.2) is 4.98 Å². The lowest BCUT2D eigenvalue weighted by Gasteiger charge is -2.17. The molecular weight excluding hydrogens is 376 g/mol. The van der Waals surface area contributed by atoms with Crippen molar-refractivity contribution < 1.29 is 18.7 Å². The lowest BCUT2D eigenvalue weighted by Crippen LogP contribution is -2.31. The number of likely N-dealkylation sites (N-methyl/N-ethyl adjacent to an activating group) is 1. The first-order chi connectivity index (χ1) is 13.5. The Balaban J connectivity index is 1.42. The average molecular weight is 398 g/mol. The number of hydrogen-bond acceptors (Lipinski definition) is 6. The molecule has 1 amide bonds. The van der Waals surface area contributed by atoms with Crippen molar-refractivity contribution in [3.63, 3.8) is 0 Å². The van der Waals surface area contributed by atoms with E-state index in [0.29, 0.717) is 17.4 Å². The molecule has 0 aliphatic heterocycles. The van der Waals surface area contributed by atoms with Gasteiger partial charge in [0.15, 0.2) is 12.2 Å². The third-order valence-corrected chi connectivity index (χ3v) is 5.02. The van der Waals surface area contributed by atoms with Crippen molar-refractivity contribution >= 4 is 34.7 Å². The molecule has 0 saturated carbocycles. The van der Waals surface area contributed by atoms with Gasteiger partial charge in [0, 0.05) is 13.6 Å². The molecule has 2 aromatic carbocycles. The molecule has 146 valence electrons. The number of aryl methyl sites for hydroxylation is 1. The van der Waals surface area contributed by atoms with Crippen molar-refractivity contribution in [3.8, 4) is 0 Å². The van der Waals surface area contributed by atoms with Gasteiger partial charge in [-0.2, -0.15) is 0 Å². The molecule has 3 rings (SSSR count). The minimum absolute atomic E-state index is 0.0301. The van der Waals surface area contributed by atoms with Gasteiger partial charge in [-0.15, -0.1) is 0 Å². The van der Waals surface area contributed by atoms with Crippen molar-refractivity contribution in [2.75, 3.05) is 19.4 Å². The van der Waals surface area contributed by atoms with Crippen molar-refractivity contribution in [1.82, 2.24) is 9.88 Å². The van der Waals surface area contributed by atoms with Gasteiger partial charge >= 0.3 is 5.97 Å². The van der Waals surface area contributed by atoms with Crippen molar-refractivity contribution in [2.24, 2.45) is 0 Å². The molecule has 0 unspecified atom stereocenters. The van der Waals surface area contributed by atoms with E-state index >= 15 is 0 Å². The summed E-state index contributed by atoms with van der Waals surface area (Å²) in [7, 11) is 1.69. The van der Waals surface area contributed by atoms with Gasteiger partial charge in [-0.1, -0.05) is 55.1 Å². The predicted molar refractivity (Wildman–Crippen MR) is 108 cm³/mol. The number of benzene rings is 2. The van der Waals surface area contributed by atoms with Gasteiger partial charge < -0.3 is 14.1 Å². The zero-order valence-electron chi connectivity index (χ0n) is 15.9. The van der Waals surface area contributed by atoms with E-state index in [2.05, 4.69) is 24.0 Å². The number of carbonyl (C=O) groups is 2. The summed E-state index contributed by atoms with van der Waals surface area (Å²) in [6.07, 6.45) is 0.979.